The lowest BCUT2D eigenvalue weighted by atomic mass is 10.2. The number of nitrogens with one attached hydrogen (secondary N) is 2. The van der Waals surface area contributed by atoms with E-state index in [0.29, 0.717) is 6.04 Å². The van der Waals surface area contributed by atoms with E-state index >= 15 is 0 Å². The fourth-order valence-corrected chi connectivity index (χ4v) is 3.91. The van der Waals surface area contributed by atoms with Crippen LogP contribution in [0.2, 0.25) is 0 Å². The summed E-state index contributed by atoms with van der Waals surface area (Å²) in [5, 5.41) is 7.24. The van der Waals surface area contributed by atoms with Crippen LogP contribution in [0.4, 0.5) is 4.79 Å². The average Bonchev–Trinajstić information content (AvgIpc) is 2.90. The fourth-order valence-electron chi connectivity index (χ4n) is 2.68. The van der Waals surface area contributed by atoms with Gasteiger partial charge in [-0.2, -0.15) is 11.8 Å². The molecule has 2 amide bonds. The van der Waals surface area contributed by atoms with Crippen molar-refractivity contribution < 1.29 is 4.79 Å². The van der Waals surface area contributed by atoms with Gasteiger partial charge in [-0.15, -0.1) is 0 Å². The summed E-state index contributed by atoms with van der Waals surface area (Å²) in [4.78, 5) is 13.2. The molecule has 0 aromatic rings. The van der Waals surface area contributed by atoms with Crippen LogP contribution in [-0.2, 0) is 0 Å². The summed E-state index contributed by atoms with van der Waals surface area (Å²) in [5.74, 6) is 1.21. The minimum Gasteiger partial charge on any atom is -0.336 e. The smallest absolute Gasteiger partial charge is 0.317 e. The van der Waals surface area contributed by atoms with Gasteiger partial charge >= 0.3 is 6.03 Å². The Morgan fingerprint density at radius 3 is 3.12 bits per heavy atom. The van der Waals surface area contributed by atoms with Gasteiger partial charge in [-0.05, 0) is 18.6 Å². The minimum atomic E-state index is 0.0951. The van der Waals surface area contributed by atoms with Gasteiger partial charge in [0.15, 0.2) is 0 Å². The van der Waals surface area contributed by atoms with E-state index in [1.807, 2.05) is 4.90 Å². The van der Waals surface area contributed by atoms with Crippen LogP contribution in [-0.4, -0.2) is 54.2 Å². The predicted molar refractivity (Wildman–Crippen MR) is 72.5 cm³/mol. The van der Waals surface area contributed by atoms with Gasteiger partial charge in [-0.3, -0.25) is 0 Å². The molecule has 1 heterocycles. The third-order valence-electron chi connectivity index (χ3n) is 3.57. The van der Waals surface area contributed by atoms with Gasteiger partial charge in [0, 0.05) is 37.5 Å². The molecule has 0 spiro atoms. The van der Waals surface area contributed by atoms with Gasteiger partial charge < -0.3 is 15.5 Å². The lowest BCUT2D eigenvalue weighted by Gasteiger charge is -2.22. The second-order valence-electron chi connectivity index (χ2n) is 4.70. The summed E-state index contributed by atoms with van der Waals surface area (Å²) < 4.78 is 0. The van der Waals surface area contributed by atoms with E-state index in [0.717, 1.165) is 31.4 Å². The number of nitrogens with zero attached hydrogens (tertiary/aromatic N) is 1. The van der Waals surface area contributed by atoms with E-state index in [2.05, 4.69) is 29.3 Å². The summed E-state index contributed by atoms with van der Waals surface area (Å²) in [5.41, 5.74) is 0. The van der Waals surface area contributed by atoms with E-state index in [4.69, 9.17) is 0 Å². The Kier molecular flexibility index (Phi) is 4.98. The summed E-state index contributed by atoms with van der Waals surface area (Å²) in [6.07, 6.45) is 3.99. The average molecular weight is 257 g/mol. The van der Waals surface area contributed by atoms with E-state index in [9.17, 15) is 4.79 Å². The van der Waals surface area contributed by atoms with Gasteiger partial charge in [-0.25, -0.2) is 4.79 Å². The normalized spacial score (nSPS) is 28.8. The highest BCUT2D eigenvalue weighted by atomic mass is 32.2. The standard InChI is InChI=1S/C12H23N3OS/c1-2-17-11-5-3-4-10(11)13-6-8-15-9-7-14-12(15)16/h10-11,13H,2-9H2,1H3,(H,14,16). The molecular formula is C12H23N3OS. The van der Waals surface area contributed by atoms with E-state index < -0.39 is 0 Å². The van der Waals surface area contributed by atoms with Gasteiger partial charge in [0.2, 0.25) is 0 Å². The molecule has 0 aromatic carbocycles. The molecule has 1 saturated heterocycles. The number of amides is 2. The van der Waals surface area contributed by atoms with Crippen molar-refractivity contribution >= 4 is 17.8 Å². The van der Waals surface area contributed by atoms with Gasteiger partial charge in [0.05, 0.1) is 0 Å². The van der Waals surface area contributed by atoms with Crippen LogP contribution in [0.5, 0.6) is 0 Å². The Morgan fingerprint density at radius 2 is 2.41 bits per heavy atom. The molecule has 17 heavy (non-hydrogen) atoms. The van der Waals surface area contributed by atoms with Crippen LogP contribution in [0.3, 0.4) is 0 Å². The summed E-state index contributed by atoms with van der Waals surface area (Å²) in [6, 6.07) is 0.753. The molecule has 98 valence electrons. The Hall–Kier alpha value is -0.420. The first-order valence-corrected chi connectivity index (χ1v) is 7.74. The minimum absolute atomic E-state index is 0.0951. The largest absolute Gasteiger partial charge is 0.336 e. The highest BCUT2D eigenvalue weighted by Gasteiger charge is 2.27. The molecule has 1 aliphatic carbocycles. The number of hydrogen-bond acceptors (Lipinski definition) is 3. The van der Waals surface area contributed by atoms with Gasteiger partial charge in [0.1, 0.15) is 0 Å². The first-order valence-electron chi connectivity index (χ1n) is 6.69. The van der Waals surface area contributed by atoms with Crippen molar-refractivity contribution in [1.82, 2.24) is 15.5 Å². The van der Waals surface area contributed by atoms with Crippen molar-refractivity contribution in [3.63, 3.8) is 0 Å². The zero-order chi connectivity index (χ0) is 12.1. The third-order valence-corrected chi connectivity index (χ3v) is 4.89. The van der Waals surface area contributed by atoms with Crippen molar-refractivity contribution in [3.05, 3.63) is 0 Å². The first-order chi connectivity index (χ1) is 8.31. The summed E-state index contributed by atoms with van der Waals surface area (Å²) in [7, 11) is 0. The molecule has 2 aliphatic rings. The van der Waals surface area contributed by atoms with Crippen molar-refractivity contribution in [2.24, 2.45) is 0 Å². The molecule has 5 heteroatoms. The summed E-state index contributed by atoms with van der Waals surface area (Å²) >= 11 is 2.07. The molecule has 2 N–H and O–H groups in total. The lowest BCUT2D eigenvalue weighted by molar-refractivity contribution is 0.217. The molecule has 0 aromatic heterocycles. The van der Waals surface area contributed by atoms with Crippen LogP contribution < -0.4 is 10.6 Å². The molecule has 4 nitrogen and oxygen atoms in total. The number of hydrogen-bond donors (Lipinski definition) is 2. The maximum Gasteiger partial charge on any atom is 0.317 e. The zero-order valence-electron chi connectivity index (χ0n) is 10.6. The zero-order valence-corrected chi connectivity index (χ0v) is 11.4. The number of carbonyl (C=O) groups excluding carboxylic acids is 1. The van der Waals surface area contributed by atoms with Crippen LogP contribution in [0, 0.1) is 0 Å². The van der Waals surface area contributed by atoms with Crippen molar-refractivity contribution in [3.8, 4) is 0 Å². The molecule has 2 rings (SSSR count). The quantitative estimate of drug-likeness (QED) is 0.753. The van der Waals surface area contributed by atoms with Crippen LogP contribution in [0.15, 0.2) is 0 Å². The third kappa shape index (κ3) is 3.52. The van der Waals surface area contributed by atoms with Crippen LogP contribution in [0.25, 0.3) is 0 Å². The van der Waals surface area contributed by atoms with Gasteiger partial charge in [-0.1, -0.05) is 13.3 Å². The molecular weight excluding hydrogens is 234 g/mol. The lowest BCUT2D eigenvalue weighted by Crippen LogP contribution is -2.40. The van der Waals surface area contributed by atoms with Crippen molar-refractivity contribution in [1.29, 1.82) is 0 Å². The number of carbonyl (C=O) groups is 1. The highest BCUT2D eigenvalue weighted by molar-refractivity contribution is 7.99. The Labute approximate surface area is 108 Å². The number of thioether (sulfide) groups is 1. The second kappa shape index (κ2) is 6.50. The summed E-state index contributed by atoms with van der Waals surface area (Å²) in [6.45, 7) is 5.66. The second-order valence-corrected chi connectivity index (χ2v) is 6.22. The number of urea groups is 1. The molecule has 1 aliphatic heterocycles. The first kappa shape index (κ1) is 13.0. The molecule has 2 fully saturated rings. The van der Waals surface area contributed by atoms with Crippen LogP contribution in [0.1, 0.15) is 26.2 Å². The topological polar surface area (TPSA) is 44.4 Å². The van der Waals surface area contributed by atoms with E-state index in [-0.39, 0.29) is 6.03 Å². The molecule has 2 atom stereocenters. The highest BCUT2D eigenvalue weighted by Crippen LogP contribution is 2.29. The Morgan fingerprint density at radius 1 is 1.53 bits per heavy atom. The SMILES string of the molecule is CCSC1CCCC1NCCN1CCNC1=O. The molecule has 1 saturated carbocycles. The van der Waals surface area contributed by atoms with Crippen molar-refractivity contribution in [2.45, 2.75) is 37.5 Å². The maximum absolute atomic E-state index is 11.4. The predicted octanol–water partition coefficient (Wildman–Crippen LogP) is 1.28. The Balaban J connectivity index is 1.65. The monoisotopic (exact) mass is 257 g/mol. The maximum atomic E-state index is 11.4. The molecule has 0 bridgehead atoms. The van der Waals surface area contributed by atoms with E-state index in [1.54, 1.807) is 0 Å². The Bertz CT molecular complexity index is 262. The van der Waals surface area contributed by atoms with Gasteiger partial charge in [0.25, 0.3) is 0 Å². The molecule has 2 unspecified atom stereocenters. The fraction of sp³-hybridized carbons (Fsp3) is 0.917. The van der Waals surface area contributed by atoms with E-state index in [1.165, 1.54) is 25.0 Å². The van der Waals surface area contributed by atoms with Crippen molar-refractivity contribution in [2.75, 3.05) is 31.9 Å². The molecule has 0 radical (unpaired) electrons. The van der Waals surface area contributed by atoms with Crippen LogP contribution >= 0.6 is 11.8 Å². The number of rotatable bonds is 6.